The van der Waals surface area contributed by atoms with Gasteiger partial charge in [0.25, 0.3) is 0 Å². The topological polar surface area (TPSA) is 66.8 Å². The minimum atomic E-state index is -0.620. The van der Waals surface area contributed by atoms with Crippen LogP contribution in [0.5, 0.6) is 0 Å². The van der Waals surface area contributed by atoms with Gasteiger partial charge in [-0.2, -0.15) is 0 Å². The van der Waals surface area contributed by atoms with E-state index in [1.165, 1.54) is 6.42 Å². The fraction of sp³-hybridized carbons (Fsp3) is 0.773. The van der Waals surface area contributed by atoms with Gasteiger partial charge in [0, 0.05) is 12.3 Å². The average Bonchev–Trinajstić information content (AvgIpc) is 2.85. The molecule has 2 rings (SSSR count). The number of aliphatic hydroxyl groups is 2. The fourth-order valence-corrected chi connectivity index (χ4v) is 4.68. The molecule has 2 saturated carbocycles. The second-order valence-electron chi connectivity index (χ2n) is 8.06. The lowest BCUT2D eigenvalue weighted by atomic mass is 9.63. The molecule has 2 fully saturated rings. The van der Waals surface area contributed by atoms with Crippen molar-refractivity contribution in [2.75, 3.05) is 0 Å². The zero-order valence-corrected chi connectivity index (χ0v) is 17.4. The molecular formula is C22H35ClO4. The number of allylic oxidation sites excluding steroid dienone is 2. The normalized spacial score (nSPS) is 31.3. The summed E-state index contributed by atoms with van der Waals surface area (Å²) in [5, 5.41) is 20.5. The summed E-state index contributed by atoms with van der Waals surface area (Å²) < 4.78 is 5.60. The lowest BCUT2D eigenvalue weighted by molar-refractivity contribution is -0.150. The van der Waals surface area contributed by atoms with Crippen molar-refractivity contribution >= 4 is 17.6 Å². The molecule has 27 heavy (non-hydrogen) atoms. The summed E-state index contributed by atoms with van der Waals surface area (Å²) in [7, 11) is 0. The van der Waals surface area contributed by atoms with E-state index >= 15 is 0 Å². The van der Waals surface area contributed by atoms with Crippen LogP contribution in [0.2, 0.25) is 0 Å². The minimum Gasteiger partial charge on any atom is -0.460 e. The summed E-state index contributed by atoms with van der Waals surface area (Å²) in [6.07, 6.45) is 13.6. The number of hydrogen-bond acceptors (Lipinski definition) is 4. The maximum absolute atomic E-state index is 12.1. The Hall–Kier alpha value is -0.840. The van der Waals surface area contributed by atoms with E-state index in [1.807, 2.05) is 31.2 Å². The average molecular weight is 399 g/mol. The van der Waals surface area contributed by atoms with Crippen molar-refractivity contribution in [3.8, 4) is 0 Å². The Balaban J connectivity index is 1.87. The van der Waals surface area contributed by atoms with Crippen LogP contribution in [-0.2, 0) is 9.53 Å². The lowest BCUT2D eigenvalue weighted by Crippen LogP contribution is -2.40. The smallest absolute Gasteiger partial charge is 0.306 e. The summed E-state index contributed by atoms with van der Waals surface area (Å²) in [6.45, 7) is 4.09. The quantitative estimate of drug-likeness (QED) is 0.246. The van der Waals surface area contributed by atoms with Crippen LogP contribution in [0.3, 0.4) is 0 Å². The molecule has 0 heterocycles. The van der Waals surface area contributed by atoms with Crippen molar-refractivity contribution in [1.29, 1.82) is 0 Å². The van der Waals surface area contributed by atoms with Crippen LogP contribution in [0, 0.1) is 11.3 Å². The first-order valence-corrected chi connectivity index (χ1v) is 10.8. The third-order valence-electron chi connectivity index (χ3n) is 6.38. The number of hydrogen-bond donors (Lipinski definition) is 2. The van der Waals surface area contributed by atoms with Crippen LogP contribution in [-0.4, -0.2) is 39.9 Å². The van der Waals surface area contributed by atoms with E-state index in [0.717, 1.165) is 32.1 Å². The van der Waals surface area contributed by atoms with E-state index in [4.69, 9.17) is 16.3 Å². The number of halogens is 1. The summed E-state index contributed by atoms with van der Waals surface area (Å²) in [5.74, 6) is -0.569. The Morgan fingerprint density at radius 1 is 1.37 bits per heavy atom. The molecule has 0 radical (unpaired) electrons. The Morgan fingerprint density at radius 2 is 2.11 bits per heavy atom. The standard InChI is InChI=1S/C22H35ClO4/c1-3-5-6-7-12-20(26)27-21-16(18(24)15-17(21)23)10-8-11-19(25)22(4-2)13-9-14-22/h3,5,8,10,16-19,21,24-25H,4,6-7,9,11-15H2,1-2H3/b5-3?,10-8+/t16-,17-,18-,19+,21-/m1/s1. The number of carbonyl (C=O) groups excluding carboxylic acids is 1. The van der Waals surface area contributed by atoms with Gasteiger partial charge in [-0.15, -0.1) is 11.6 Å². The zero-order valence-electron chi connectivity index (χ0n) is 16.6. The van der Waals surface area contributed by atoms with Gasteiger partial charge in [0.05, 0.1) is 17.6 Å². The number of carbonyl (C=O) groups is 1. The van der Waals surface area contributed by atoms with Gasteiger partial charge in [-0.1, -0.05) is 37.6 Å². The van der Waals surface area contributed by atoms with Crippen molar-refractivity contribution in [1.82, 2.24) is 0 Å². The van der Waals surface area contributed by atoms with E-state index in [-0.39, 0.29) is 28.8 Å². The number of aliphatic hydroxyl groups excluding tert-OH is 2. The maximum Gasteiger partial charge on any atom is 0.306 e. The number of esters is 1. The first-order valence-electron chi connectivity index (χ1n) is 10.4. The molecule has 0 saturated heterocycles. The summed E-state index contributed by atoms with van der Waals surface area (Å²) in [6, 6.07) is 0. The molecule has 0 amide bonds. The summed E-state index contributed by atoms with van der Waals surface area (Å²) in [4.78, 5) is 12.1. The van der Waals surface area contributed by atoms with Crippen molar-refractivity contribution in [3.05, 3.63) is 24.3 Å². The second-order valence-corrected chi connectivity index (χ2v) is 8.62. The molecule has 2 aliphatic rings. The van der Waals surface area contributed by atoms with Crippen molar-refractivity contribution in [3.63, 3.8) is 0 Å². The SMILES string of the molecule is CC=CCCCC(=O)O[C@@H]1[C@H](/C=C/C[C@H](O)C2(CC)CCC2)[C@H](O)C[C@H]1Cl. The first kappa shape index (κ1) is 22.4. The second kappa shape index (κ2) is 10.6. The van der Waals surface area contributed by atoms with Crippen LogP contribution in [0.15, 0.2) is 24.3 Å². The molecule has 0 aromatic carbocycles. The highest BCUT2D eigenvalue weighted by Crippen LogP contribution is 2.47. The van der Waals surface area contributed by atoms with Crippen LogP contribution in [0.25, 0.3) is 0 Å². The highest BCUT2D eigenvalue weighted by molar-refractivity contribution is 6.21. The minimum absolute atomic E-state index is 0.0620. The predicted octanol–water partition coefficient (Wildman–Crippen LogP) is 4.52. The lowest BCUT2D eigenvalue weighted by Gasteiger charge is -2.45. The van der Waals surface area contributed by atoms with Gasteiger partial charge in [0.1, 0.15) is 6.10 Å². The Kier molecular flexibility index (Phi) is 8.84. The highest BCUT2D eigenvalue weighted by Gasteiger charge is 2.43. The third kappa shape index (κ3) is 5.82. The zero-order chi connectivity index (χ0) is 19.9. The molecule has 0 aromatic heterocycles. The molecule has 0 spiro atoms. The van der Waals surface area contributed by atoms with Gasteiger partial charge in [0.15, 0.2) is 0 Å². The van der Waals surface area contributed by atoms with E-state index in [2.05, 4.69) is 6.92 Å². The van der Waals surface area contributed by atoms with Gasteiger partial charge >= 0.3 is 5.97 Å². The Morgan fingerprint density at radius 3 is 2.70 bits per heavy atom. The number of ether oxygens (including phenoxy) is 1. The first-order chi connectivity index (χ1) is 12.9. The largest absolute Gasteiger partial charge is 0.460 e. The van der Waals surface area contributed by atoms with Crippen LogP contribution < -0.4 is 0 Å². The van der Waals surface area contributed by atoms with Crippen LogP contribution in [0.1, 0.15) is 71.6 Å². The molecule has 0 aromatic rings. The van der Waals surface area contributed by atoms with Gasteiger partial charge in [0.2, 0.25) is 0 Å². The van der Waals surface area contributed by atoms with Crippen molar-refractivity contribution in [2.45, 2.75) is 95.3 Å². The molecule has 0 aliphatic heterocycles. The molecule has 0 unspecified atom stereocenters. The molecule has 154 valence electrons. The summed E-state index contributed by atoms with van der Waals surface area (Å²) in [5.41, 5.74) is 0.0620. The number of unbranched alkanes of at least 4 members (excludes halogenated alkanes) is 1. The monoisotopic (exact) mass is 398 g/mol. The fourth-order valence-electron chi connectivity index (χ4n) is 4.28. The van der Waals surface area contributed by atoms with Crippen LogP contribution >= 0.6 is 11.6 Å². The van der Waals surface area contributed by atoms with E-state index in [1.54, 1.807) is 0 Å². The van der Waals surface area contributed by atoms with Gasteiger partial charge < -0.3 is 14.9 Å². The van der Waals surface area contributed by atoms with Gasteiger partial charge in [-0.3, -0.25) is 4.79 Å². The predicted molar refractivity (Wildman–Crippen MR) is 109 cm³/mol. The third-order valence-corrected chi connectivity index (χ3v) is 6.81. The number of rotatable bonds is 10. The van der Waals surface area contributed by atoms with Crippen molar-refractivity contribution in [2.24, 2.45) is 11.3 Å². The molecule has 0 bridgehead atoms. The van der Waals surface area contributed by atoms with Gasteiger partial charge in [-0.05, 0) is 57.3 Å². The number of alkyl halides is 1. The Bertz CT molecular complexity index is 521. The van der Waals surface area contributed by atoms with Crippen LogP contribution in [0.4, 0.5) is 0 Å². The molecule has 5 atom stereocenters. The molecule has 4 nitrogen and oxygen atoms in total. The maximum atomic E-state index is 12.1. The molecule has 2 aliphatic carbocycles. The van der Waals surface area contributed by atoms with Gasteiger partial charge in [-0.25, -0.2) is 0 Å². The molecule has 2 N–H and O–H groups in total. The molecular weight excluding hydrogens is 364 g/mol. The van der Waals surface area contributed by atoms with E-state index in [9.17, 15) is 15.0 Å². The Labute approximate surface area is 168 Å². The van der Waals surface area contributed by atoms with Crippen molar-refractivity contribution < 1.29 is 19.7 Å². The highest BCUT2D eigenvalue weighted by atomic mass is 35.5. The summed E-state index contributed by atoms with van der Waals surface area (Å²) >= 11 is 6.33. The van der Waals surface area contributed by atoms with E-state index < -0.39 is 12.2 Å². The molecule has 5 heteroatoms. The van der Waals surface area contributed by atoms with E-state index in [0.29, 0.717) is 19.3 Å².